The average molecular weight is 328 g/mol. The molecule has 2 amide bonds. The number of carbonyl (C=O) groups is 1. The van der Waals surface area contributed by atoms with Crippen LogP contribution in [0.5, 0.6) is 0 Å². The summed E-state index contributed by atoms with van der Waals surface area (Å²) >= 11 is 0. The molecule has 0 bridgehead atoms. The van der Waals surface area contributed by atoms with Crippen molar-refractivity contribution < 1.29 is 13.6 Å². The van der Waals surface area contributed by atoms with Crippen LogP contribution in [0.3, 0.4) is 0 Å². The Morgan fingerprint density at radius 3 is 2.38 bits per heavy atom. The van der Waals surface area contributed by atoms with Crippen molar-refractivity contribution in [2.45, 2.75) is 13.8 Å². The summed E-state index contributed by atoms with van der Waals surface area (Å²) in [4.78, 5) is 20.8. The maximum atomic E-state index is 13.5. The fourth-order valence-electron chi connectivity index (χ4n) is 2.19. The molecule has 122 valence electrons. The summed E-state index contributed by atoms with van der Waals surface area (Å²) in [6.07, 6.45) is 0. The maximum absolute atomic E-state index is 13.5. The molecular formula is C17H14F2N4O. The van der Waals surface area contributed by atoms with Crippen LogP contribution in [0.2, 0.25) is 0 Å². The molecule has 0 atom stereocenters. The van der Waals surface area contributed by atoms with Crippen LogP contribution in [-0.4, -0.2) is 16.0 Å². The number of nitrogens with zero attached hydrogens (tertiary/aromatic N) is 2. The molecule has 0 saturated carbocycles. The number of hydrogen-bond acceptors (Lipinski definition) is 3. The second-order valence-electron chi connectivity index (χ2n) is 5.30. The van der Waals surface area contributed by atoms with Gasteiger partial charge in [-0.15, -0.1) is 0 Å². The Balaban J connectivity index is 1.80. The van der Waals surface area contributed by atoms with E-state index in [0.717, 1.165) is 29.6 Å². The lowest BCUT2D eigenvalue weighted by atomic mass is 10.2. The first-order chi connectivity index (χ1) is 11.4. The topological polar surface area (TPSA) is 66.9 Å². The molecule has 1 aromatic heterocycles. The number of fused-ring (bicyclic) bond motifs is 1. The van der Waals surface area contributed by atoms with E-state index in [1.165, 1.54) is 0 Å². The molecule has 0 unspecified atom stereocenters. The third kappa shape index (κ3) is 3.29. The summed E-state index contributed by atoms with van der Waals surface area (Å²) in [5.74, 6) is -1.36. The first kappa shape index (κ1) is 15.8. The van der Waals surface area contributed by atoms with Gasteiger partial charge in [-0.2, -0.15) is 0 Å². The van der Waals surface area contributed by atoms with Crippen LogP contribution < -0.4 is 10.6 Å². The number of aromatic nitrogens is 2. The van der Waals surface area contributed by atoms with Crippen LogP contribution in [0.25, 0.3) is 11.0 Å². The zero-order valence-electron chi connectivity index (χ0n) is 13.0. The highest BCUT2D eigenvalue weighted by Gasteiger charge is 2.09. The predicted octanol–water partition coefficient (Wildman–Crippen LogP) is 4.17. The van der Waals surface area contributed by atoms with Crippen LogP contribution in [0, 0.1) is 25.5 Å². The molecule has 0 radical (unpaired) electrons. The van der Waals surface area contributed by atoms with E-state index in [-0.39, 0.29) is 5.69 Å². The average Bonchev–Trinajstić information content (AvgIpc) is 2.52. The molecule has 0 spiro atoms. The van der Waals surface area contributed by atoms with Gasteiger partial charge in [-0.3, -0.25) is 0 Å². The lowest BCUT2D eigenvalue weighted by molar-refractivity contribution is 0.262. The van der Waals surface area contributed by atoms with Crippen LogP contribution in [0.4, 0.5) is 25.0 Å². The highest BCUT2D eigenvalue weighted by molar-refractivity contribution is 6.00. The van der Waals surface area contributed by atoms with E-state index in [0.29, 0.717) is 16.7 Å². The van der Waals surface area contributed by atoms with Gasteiger partial charge in [0.1, 0.15) is 11.6 Å². The fourth-order valence-corrected chi connectivity index (χ4v) is 2.19. The lowest BCUT2D eigenvalue weighted by Crippen LogP contribution is -2.20. The van der Waals surface area contributed by atoms with Gasteiger partial charge in [0.05, 0.1) is 28.1 Å². The molecule has 0 aliphatic rings. The Bertz CT molecular complexity index is 943. The Labute approximate surface area is 136 Å². The summed E-state index contributed by atoms with van der Waals surface area (Å²) < 4.78 is 26.6. The number of urea groups is 1. The van der Waals surface area contributed by atoms with Crippen molar-refractivity contribution in [3.8, 4) is 0 Å². The molecule has 1 heterocycles. The van der Waals surface area contributed by atoms with E-state index in [1.54, 1.807) is 18.2 Å². The largest absolute Gasteiger partial charge is 0.323 e. The van der Waals surface area contributed by atoms with E-state index in [4.69, 9.17) is 0 Å². The van der Waals surface area contributed by atoms with Crippen LogP contribution in [0.1, 0.15) is 11.4 Å². The smallest absolute Gasteiger partial charge is 0.308 e. The third-order valence-corrected chi connectivity index (χ3v) is 3.51. The molecule has 3 rings (SSSR count). The fraction of sp³-hybridized carbons (Fsp3) is 0.118. The van der Waals surface area contributed by atoms with Gasteiger partial charge in [-0.1, -0.05) is 0 Å². The minimum atomic E-state index is -0.720. The summed E-state index contributed by atoms with van der Waals surface area (Å²) in [7, 11) is 0. The zero-order chi connectivity index (χ0) is 17.3. The summed E-state index contributed by atoms with van der Waals surface area (Å²) in [6, 6.07) is 7.20. The highest BCUT2D eigenvalue weighted by Crippen LogP contribution is 2.19. The van der Waals surface area contributed by atoms with Crippen molar-refractivity contribution in [3.63, 3.8) is 0 Å². The van der Waals surface area contributed by atoms with Gasteiger partial charge in [0.15, 0.2) is 0 Å². The third-order valence-electron chi connectivity index (χ3n) is 3.51. The number of nitrogens with one attached hydrogen (secondary N) is 2. The number of amides is 2. The zero-order valence-corrected chi connectivity index (χ0v) is 13.0. The van der Waals surface area contributed by atoms with Crippen LogP contribution in [0.15, 0.2) is 36.4 Å². The summed E-state index contributed by atoms with van der Waals surface area (Å²) in [5, 5.41) is 4.82. The Morgan fingerprint density at radius 2 is 1.62 bits per heavy atom. The Kier molecular flexibility index (Phi) is 4.07. The summed E-state index contributed by atoms with van der Waals surface area (Å²) in [5.41, 5.74) is 3.20. The van der Waals surface area contributed by atoms with Crippen molar-refractivity contribution in [3.05, 3.63) is 59.4 Å². The number of aryl methyl sites for hydroxylation is 2. The van der Waals surface area contributed by atoms with Crippen molar-refractivity contribution >= 4 is 28.4 Å². The highest BCUT2D eigenvalue weighted by atomic mass is 19.1. The van der Waals surface area contributed by atoms with Gasteiger partial charge in [-0.25, -0.2) is 23.5 Å². The van der Waals surface area contributed by atoms with Gasteiger partial charge in [-0.05, 0) is 44.2 Å². The van der Waals surface area contributed by atoms with Crippen molar-refractivity contribution in [2.24, 2.45) is 0 Å². The number of benzene rings is 2. The van der Waals surface area contributed by atoms with Gasteiger partial charge in [0.2, 0.25) is 0 Å². The minimum Gasteiger partial charge on any atom is -0.308 e. The monoisotopic (exact) mass is 328 g/mol. The molecule has 0 aliphatic carbocycles. The first-order valence-corrected chi connectivity index (χ1v) is 7.20. The number of rotatable bonds is 2. The van der Waals surface area contributed by atoms with Gasteiger partial charge in [0.25, 0.3) is 0 Å². The van der Waals surface area contributed by atoms with E-state index < -0.39 is 17.7 Å². The number of hydrogen-bond donors (Lipinski definition) is 2. The first-order valence-electron chi connectivity index (χ1n) is 7.20. The van der Waals surface area contributed by atoms with Gasteiger partial charge < -0.3 is 10.6 Å². The van der Waals surface area contributed by atoms with Gasteiger partial charge >= 0.3 is 6.03 Å². The van der Waals surface area contributed by atoms with E-state index in [2.05, 4.69) is 20.6 Å². The molecule has 0 saturated heterocycles. The van der Waals surface area contributed by atoms with Crippen molar-refractivity contribution in [1.82, 2.24) is 9.97 Å². The molecule has 3 aromatic rings. The van der Waals surface area contributed by atoms with Crippen molar-refractivity contribution in [2.75, 3.05) is 10.6 Å². The van der Waals surface area contributed by atoms with Crippen LogP contribution >= 0.6 is 0 Å². The predicted molar refractivity (Wildman–Crippen MR) is 88.0 cm³/mol. The second-order valence-corrected chi connectivity index (χ2v) is 5.30. The SMILES string of the molecule is Cc1nc2ccc(NC(=O)Nc3cc(F)ccc3F)cc2nc1C. The maximum Gasteiger partial charge on any atom is 0.323 e. The normalized spacial score (nSPS) is 10.7. The molecule has 0 fully saturated rings. The van der Waals surface area contributed by atoms with E-state index >= 15 is 0 Å². The second kappa shape index (κ2) is 6.19. The quantitative estimate of drug-likeness (QED) is 0.742. The Morgan fingerprint density at radius 1 is 0.917 bits per heavy atom. The van der Waals surface area contributed by atoms with Crippen molar-refractivity contribution in [1.29, 1.82) is 0 Å². The van der Waals surface area contributed by atoms with E-state index in [1.807, 2.05) is 13.8 Å². The standard InChI is InChI=1S/C17H14F2N4O/c1-9-10(2)21-16-8-12(4-6-14(16)20-9)22-17(24)23-15-7-11(18)3-5-13(15)19/h3-8H,1-2H3,(H2,22,23,24). The summed E-state index contributed by atoms with van der Waals surface area (Å²) in [6.45, 7) is 3.72. The molecule has 24 heavy (non-hydrogen) atoms. The lowest BCUT2D eigenvalue weighted by Gasteiger charge is -2.09. The molecular weight excluding hydrogens is 314 g/mol. The molecule has 0 aliphatic heterocycles. The minimum absolute atomic E-state index is 0.237. The molecule has 2 N–H and O–H groups in total. The molecule has 5 nitrogen and oxygen atoms in total. The van der Waals surface area contributed by atoms with Gasteiger partial charge in [0, 0.05) is 11.8 Å². The van der Waals surface area contributed by atoms with Crippen LogP contribution in [-0.2, 0) is 0 Å². The number of anilines is 2. The Hall–Kier alpha value is -3.09. The molecule has 2 aromatic carbocycles. The number of halogens is 2. The molecule has 7 heteroatoms. The number of carbonyl (C=O) groups excluding carboxylic acids is 1. The van der Waals surface area contributed by atoms with E-state index in [9.17, 15) is 13.6 Å².